The summed E-state index contributed by atoms with van der Waals surface area (Å²) in [5.74, 6) is -2.22. The molecule has 0 aromatic rings. The summed E-state index contributed by atoms with van der Waals surface area (Å²) in [6.45, 7) is 0. The number of fused-ring (bicyclic) bond motifs is 3. The summed E-state index contributed by atoms with van der Waals surface area (Å²) in [5.41, 5.74) is 0. The molecule has 0 saturated heterocycles. The zero-order chi connectivity index (χ0) is 7.19. The maximum atomic E-state index is 12.9. The van der Waals surface area contributed by atoms with Crippen LogP contribution in [0.2, 0.25) is 0 Å². The topological polar surface area (TPSA) is 0 Å². The quantitative estimate of drug-likeness (QED) is 0.493. The van der Waals surface area contributed by atoms with Gasteiger partial charge in [-0.3, -0.25) is 0 Å². The van der Waals surface area contributed by atoms with Crippen LogP contribution in [0.5, 0.6) is 0 Å². The number of rotatable bonds is 0. The van der Waals surface area contributed by atoms with Gasteiger partial charge in [-0.25, -0.2) is 8.78 Å². The maximum Gasteiger partial charge on any atom is 0.251 e. The van der Waals surface area contributed by atoms with E-state index >= 15 is 0 Å². The van der Waals surface area contributed by atoms with Crippen LogP contribution in [-0.4, -0.2) is 5.92 Å². The van der Waals surface area contributed by atoms with Crippen LogP contribution in [0.4, 0.5) is 8.78 Å². The van der Waals surface area contributed by atoms with Crippen LogP contribution in [0.15, 0.2) is 0 Å². The molecule has 58 valence electrons. The van der Waals surface area contributed by atoms with Crippen molar-refractivity contribution in [2.75, 3.05) is 0 Å². The first-order valence-electron chi connectivity index (χ1n) is 4.06. The summed E-state index contributed by atoms with van der Waals surface area (Å²) in [7, 11) is 0. The Morgan fingerprint density at radius 3 is 1.80 bits per heavy atom. The lowest BCUT2D eigenvalue weighted by Gasteiger charge is -2.41. The van der Waals surface area contributed by atoms with Gasteiger partial charge in [-0.2, -0.15) is 0 Å². The molecule has 10 heavy (non-hydrogen) atoms. The number of halogens is 2. The highest BCUT2D eigenvalue weighted by Crippen LogP contribution is 2.50. The lowest BCUT2D eigenvalue weighted by atomic mass is 9.68. The first kappa shape index (κ1) is 6.56. The summed E-state index contributed by atoms with van der Waals surface area (Å²) in [5, 5.41) is 0. The fourth-order valence-corrected chi connectivity index (χ4v) is 2.34. The molecule has 3 rings (SSSR count). The minimum atomic E-state index is -2.30. The Kier molecular flexibility index (Phi) is 1.26. The molecular formula is C8H12F2. The normalized spacial score (nSPS) is 43.8. The van der Waals surface area contributed by atoms with Gasteiger partial charge in [0.2, 0.25) is 0 Å². The van der Waals surface area contributed by atoms with E-state index in [2.05, 4.69) is 0 Å². The Hall–Kier alpha value is -0.140. The third-order valence-electron chi connectivity index (χ3n) is 3.00. The summed E-state index contributed by atoms with van der Waals surface area (Å²) >= 11 is 0. The van der Waals surface area contributed by atoms with Crippen molar-refractivity contribution < 1.29 is 8.78 Å². The van der Waals surface area contributed by atoms with Gasteiger partial charge < -0.3 is 0 Å². The molecule has 3 aliphatic rings. The van der Waals surface area contributed by atoms with Crippen molar-refractivity contribution in [2.45, 2.75) is 38.0 Å². The Bertz CT molecular complexity index is 134. The van der Waals surface area contributed by atoms with Crippen LogP contribution in [0.25, 0.3) is 0 Å². The molecule has 0 aliphatic heterocycles. The monoisotopic (exact) mass is 146 g/mol. The highest BCUT2D eigenvalue weighted by molar-refractivity contribution is 4.91. The molecule has 0 heterocycles. The van der Waals surface area contributed by atoms with Crippen LogP contribution in [0, 0.1) is 11.8 Å². The van der Waals surface area contributed by atoms with Gasteiger partial charge in [0.05, 0.1) is 0 Å². The van der Waals surface area contributed by atoms with Gasteiger partial charge in [-0.05, 0) is 31.6 Å². The predicted octanol–water partition coefficient (Wildman–Crippen LogP) is 2.83. The Labute approximate surface area is 59.6 Å². The van der Waals surface area contributed by atoms with Gasteiger partial charge in [0.25, 0.3) is 5.92 Å². The van der Waals surface area contributed by atoms with E-state index < -0.39 is 5.92 Å². The van der Waals surface area contributed by atoms with E-state index in [0.717, 1.165) is 25.7 Å². The first-order chi connectivity index (χ1) is 4.68. The molecule has 3 aliphatic carbocycles. The third kappa shape index (κ3) is 0.850. The largest absolute Gasteiger partial charge is 0.251 e. The van der Waals surface area contributed by atoms with E-state index in [-0.39, 0.29) is 12.3 Å². The van der Waals surface area contributed by atoms with E-state index in [9.17, 15) is 8.78 Å². The minimum Gasteiger partial charge on any atom is -0.207 e. The predicted molar refractivity (Wildman–Crippen MR) is 35.0 cm³/mol. The van der Waals surface area contributed by atoms with E-state index in [1.807, 2.05) is 0 Å². The average Bonchev–Trinajstić information content (AvgIpc) is 1.87. The molecule has 2 heteroatoms. The van der Waals surface area contributed by atoms with Crippen LogP contribution in [-0.2, 0) is 0 Å². The summed E-state index contributed by atoms with van der Waals surface area (Å²) in [6, 6.07) is 0. The van der Waals surface area contributed by atoms with Gasteiger partial charge in [0, 0.05) is 12.3 Å². The van der Waals surface area contributed by atoms with Crippen LogP contribution < -0.4 is 0 Å². The van der Waals surface area contributed by atoms with E-state index in [4.69, 9.17) is 0 Å². The summed E-state index contributed by atoms with van der Waals surface area (Å²) in [6.07, 6.45) is 3.84. The number of alkyl halides is 2. The molecular weight excluding hydrogens is 134 g/mol. The molecule has 0 aromatic heterocycles. The van der Waals surface area contributed by atoms with Gasteiger partial charge in [-0.1, -0.05) is 0 Å². The van der Waals surface area contributed by atoms with Crippen LogP contribution in [0.1, 0.15) is 32.1 Å². The lowest BCUT2D eigenvalue weighted by Crippen LogP contribution is -2.40. The molecule has 3 saturated carbocycles. The van der Waals surface area contributed by atoms with E-state index in [0.29, 0.717) is 5.92 Å². The molecule has 0 spiro atoms. The zero-order valence-electron chi connectivity index (χ0n) is 5.95. The van der Waals surface area contributed by atoms with Gasteiger partial charge in [0.1, 0.15) is 0 Å². The fourth-order valence-electron chi connectivity index (χ4n) is 2.34. The van der Waals surface area contributed by atoms with Gasteiger partial charge in [-0.15, -0.1) is 0 Å². The second kappa shape index (κ2) is 1.93. The summed E-state index contributed by atoms with van der Waals surface area (Å²) in [4.78, 5) is 0. The van der Waals surface area contributed by atoms with E-state index in [1.54, 1.807) is 0 Å². The molecule has 0 amide bonds. The Morgan fingerprint density at radius 1 is 1.00 bits per heavy atom. The second-order valence-electron chi connectivity index (χ2n) is 3.68. The van der Waals surface area contributed by atoms with Crippen molar-refractivity contribution in [1.82, 2.24) is 0 Å². The maximum absolute atomic E-state index is 12.9. The Balaban J connectivity index is 2.15. The first-order valence-corrected chi connectivity index (χ1v) is 4.06. The Morgan fingerprint density at radius 2 is 1.60 bits per heavy atom. The highest BCUT2D eigenvalue weighted by atomic mass is 19.3. The molecule has 0 aromatic carbocycles. The molecule has 0 nitrogen and oxygen atoms in total. The molecule has 0 radical (unpaired) electrons. The smallest absolute Gasteiger partial charge is 0.207 e. The van der Waals surface area contributed by atoms with Crippen molar-refractivity contribution in [3.05, 3.63) is 0 Å². The molecule has 0 unspecified atom stereocenters. The summed E-state index contributed by atoms with van der Waals surface area (Å²) < 4.78 is 25.8. The lowest BCUT2D eigenvalue weighted by molar-refractivity contribution is -0.130. The standard InChI is InChI=1S/C8H12F2/c9-8(10)5-6-1-3-7(8)4-2-6/h6-7H,1-5H2. The van der Waals surface area contributed by atoms with Gasteiger partial charge in [0.15, 0.2) is 0 Å². The van der Waals surface area contributed by atoms with E-state index in [1.165, 1.54) is 0 Å². The van der Waals surface area contributed by atoms with Crippen molar-refractivity contribution in [1.29, 1.82) is 0 Å². The second-order valence-corrected chi connectivity index (χ2v) is 3.68. The third-order valence-corrected chi connectivity index (χ3v) is 3.00. The molecule has 0 N–H and O–H groups in total. The van der Waals surface area contributed by atoms with Crippen LogP contribution >= 0.6 is 0 Å². The highest BCUT2D eigenvalue weighted by Gasteiger charge is 2.48. The average molecular weight is 146 g/mol. The molecule has 3 fully saturated rings. The van der Waals surface area contributed by atoms with Crippen LogP contribution in [0.3, 0.4) is 0 Å². The fraction of sp³-hybridized carbons (Fsp3) is 1.00. The number of hydrogen-bond acceptors (Lipinski definition) is 0. The van der Waals surface area contributed by atoms with Gasteiger partial charge >= 0.3 is 0 Å². The minimum absolute atomic E-state index is 0.178. The van der Waals surface area contributed by atoms with Crippen molar-refractivity contribution in [3.63, 3.8) is 0 Å². The zero-order valence-corrected chi connectivity index (χ0v) is 5.95. The van der Waals surface area contributed by atoms with Crippen molar-refractivity contribution in [3.8, 4) is 0 Å². The molecule has 0 atom stereocenters. The van der Waals surface area contributed by atoms with Crippen molar-refractivity contribution >= 4 is 0 Å². The van der Waals surface area contributed by atoms with Crippen molar-refractivity contribution in [2.24, 2.45) is 11.8 Å². The SMILES string of the molecule is FC1(F)CC2CCC1CC2. The number of hydrogen-bond donors (Lipinski definition) is 0. The molecule has 2 bridgehead atoms.